The van der Waals surface area contributed by atoms with Crippen molar-refractivity contribution in [2.75, 3.05) is 11.9 Å². The van der Waals surface area contributed by atoms with Crippen LogP contribution in [0.1, 0.15) is 55.0 Å². The summed E-state index contributed by atoms with van der Waals surface area (Å²) >= 11 is 0. The molecule has 1 aliphatic rings. The summed E-state index contributed by atoms with van der Waals surface area (Å²) in [5.41, 5.74) is 3.67. The van der Waals surface area contributed by atoms with Gasteiger partial charge in [0.15, 0.2) is 5.58 Å². The fourth-order valence-electron chi connectivity index (χ4n) is 3.97. The lowest BCUT2D eigenvalue weighted by Gasteiger charge is -2.18. The van der Waals surface area contributed by atoms with Crippen LogP contribution in [0, 0.1) is 0 Å². The maximum atomic E-state index is 12.5. The molecule has 0 radical (unpaired) electrons. The lowest BCUT2D eigenvalue weighted by atomic mass is 10.0. The number of carbonyl (C=O) groups excluding carboxylic acids is 1. The van der Waals surface area contributed by atoms with Gasteiger partial charge in [-0.3, -0.25) is 14.6 Å². The first kappa shape index (κ1) is 21.6. The number of hydrogen-bond donors (Lipinski definition) is 4. The molecule has 32 heavy (non-hydrogen) atoms. The van der Waals surface area contributed by atoms with Gasteiger partial charge in [0.1, 0.15) is 5.82 Å². The molecule has 9 nitrogen and oxygen atoms in total. The van der Waals surface area contributed by atoms with Crippen LogP contribution in [0.2, 0.25) is 0 Å². The number of carbonyl (C=O) groups is 2. The standard InChI is InChI=1S/C23H26N4O5/c28-20(6-2-1-5-16-9-7-14-4-3-11-24-22(14)25-16)26-18(13-21(29)30)15-8-10-17-19(12-15)32-23(31)27-17/h7-10,12,18H,1-6,11,13H2,(H,24,25)(H,26,28)(H,27,31)(H,29,30)/t18-/m0/s1. The Labute approximate surface area is 184 Å². The number of rotatable bonds is 9. The zero-order valence-corrected chi connectivity index (χ0v) is 17.6. The van der Waals surface area contributed by atoms with Gasteiger partial charge in [-0.1, -0.05) is 12.1 Å². The minimum absolute atomic E-state index is 0.216. The van der Waals surface area contributed by atoms with Crippen LogP contribution in [0.3, 0.4) is 0 Å². The Hall–Kier alpha value is -3.62. The molecule has 3 heterocycles. The van der Waals surface area contributed by atoms with Gasteiger partial charge in [-0.25, -0.2) is 9.78 Å². The number of H-pyrrole nitrogens is 1. The van der Waals surface area contributed by atoms with Crippen molar-refractivity contribution >= 4 is 28.8 Å². The second-order valence-corrected chi connectivity index (χ2v) is 8.04. The third kappa shape index (κ3) is 5.35. The molecule has 0 spiro atoms. The number of pyridine rings is 1. The maximum absolute atomic E-state index is 12.5. The number of aromatic nitrogens is 2. The largest absolute Gasteiger partial charge is 0.481 e. The van der Waals surface area contributed by atoms with E-state index in [0.717, 1.165) is 43.7 Å². The molecule has 1 amide bonds. The second-order valence-electron chi connectivity index (χ2n) is 8.04. The molecule has 2 aromatic heterocycles. The predicted molar refractivity (Wildman–Crippen MR) is 119 cm³/mol. The summed E-state index contributed by atoms with van der Waals surface area (Å²) in [4.78, 5) is 42.3. The number of anilines is 1. The average Bonchev–Trinajstić information content (AvgIpc) is 3.15. The van der Waals surface area contributed by atoms with E-state index in [-0.39, 0.29) is 12.3 Å². The summed E-state index contributed by atoms with van der Waals surface area (Å²) in [7, 11) is 0. The number of fused-ring (bicyclic) bond motifs is 2. The first-order valence-electron chi connectivity index (χ1n) is 10.8. The molecule has 0 saturated heterocycles. The summed E-state index contributed by atoms with van der Waals surface area (Å²) in [6.07, 6.45) is 4.46. The second kappa shape index (κ2) is 9.67. The number of nitrogens with zero attached hydrogens (tertiary/aromatic N) is 1. The summed E-state index contributed by atoms with van der Waals surface area (Å²) < 4.78 is 5.04. The van der Waals surface area contributed by atoms with E-state index in [1.165, 1.54) is 5.56 Å². The number of aryl methyl sites for hydroxylation is 2. The van der Waals surface area contributed by atoms with Crippen LogP contribution in [0.15, 0.2) is 39.5 Å². The van der Waals surface area contributed by atoms with Crippen LogP contribution < -0.4 is 16.4 Å². The van der Waals surface area contributed by atoms with E-state index in [1.807, 2.05) is 6.07 Å². The Morgan fingerprint density at radius 2 is 2.09 bits per heavy atom. The van der Waals surface area contributed by atoms with E-state index in [9.17, 15) is 19.5 Å². The Bertz CT molecular complexity index is 1180. The third-order valence-corrected chi connectivity index (χ3v) is 5.60. The van der Waals surface area contributed by atoms with Crippen LogP contribution >= 0.6 is 0 Å². The molecular weight excluding hydrogens is 412 g/mol. The van der Waals surface area contributed by atoms with Crippen LogP contribution in [0.5, 0.6) is 0 Å². The van der Waals surface area contributed by atoms with E-state index < -0.39 is 17.8 Å². The molecule has 1 aromatic carbocycles. The van der Waals surface area contributed by atoms with Crippen molar-refractivity contribution in [1.82, 2.24) is 15.3 Å². The number of amides is 1. The van der Waals surface area contributed by atoms with Crippen LogP contribution in [0.25, 0.3) is 11.1 Å². The molecule has 0 aliphatic carbocycles. The summed E-state index contributed by atoms with van der Waals surface area (Å²) in [5.74, 6) is -0.858. The van der Waals surface area contributed by atoms with Gasteiger partial charge in [0.05, 0.1) is 18.0 Å². The van der Waals surface area contributed by atoms with Crippen molar-refractivity contribution in [3.05, 3.63) is 57.7 Å². The highest BCUT2D eigenvalue weighted by Gasteiger charge is 2.19. The number of hydrogen-bond acceptors (Lipinski definition) is 6. The Kier molecular flexibility index (Phi) is 6.53. The van der Waals surface area contributed by atoms with E-state index in [2.05, 4.69) is 26.7 Å². The monoisotopic (exact) mass is 438 g/mol. The first-order valence-corrected chi connectivity index (χ1v) is 10.8. The van der Waals surface area contributed by atoms with Crippen LogP contribution in [0.4, 0.5) is 5.82 Å². The average molecular weight is 438 g/mol. The Morgan fingerprint density at radius 3 is 2.94 bits per heavy atom. The quantitative estimate of drug-likeness (QED) is 0.377. The van der Waals surface area contributed by atoms with Crippen LogP contribution in [-0.2, 0) is 22.4 Å². The molecule has 1 aliphatic heterocycles. The number of carboxylic acids is 1. The summed E-state index contributed by atoms with van der Waals surface area (Å²) in [6.45, 7) is 0.949. The highest BCUT2D eigenvalue weighted by molar-refractivity contribution is 5.78. The van der Waals surface area contributed by atoms with Crippen molar-refractivity contribution in [2.45, 2.75) is 51.0 Å². The molecule has 4 N–H and O–H groups in total. The number of carboxylic acid groups (broad SMARTS) is 1. The third-order valence-electron chi connectivity index (χ3n) is 5.60. The minimum atomic E-state index is -1.03. The van der Waals surface area contributed by atoms with Crippen molar-refractivity contribution < 1.29 is 19.1 Å². The smallest absolute Gasteiger partial charge is 0.417 e. The fraction of sp³-hybridized carbons (Fsp3) is 0.391. The zero-order valence-electron chi connectivity index (χ0n) is 17.6. The SMILES string of the molecule is O=C(O)C[C@H](NC(=O)CCCCc1ccc2c(n1)NCCC2)c1ccc2[nH]c(=O)oc2c1. The molecular formula is C23H26N4O5. The minimum Gasteiger partial charge on any atom is -0.481 e. The molecule has 9 heteroatoms. The molecule has 3 aromatic rings. The fourth-order valence-corrected chi connectivity index (χ4v) is 3.97. The van der Waals surface area contributed by atoms with Gasteiger partial charge >= 0.3 is 11.7 Å². The van der Waals surface area contributed by atoms with Crippen molar-refractivity contribution in [2.24, 2.45) is 0 Å². The number of aliphatic carboxylic acids is 1. The van der Waals surface area contributed by atoms with E-state index in [0.29, 0.717) is 29.5 Å². The predicted octanol–water partition coefficient (Wildman–Crippen LogP) is 2.92. The number of oxazole rings is 1. The normalized spacial score (nSPS) is 13.9. The van der Waals surface area contributed by atoms with Gasteiger partial charge in [0, 0.05) is 18.7 Å². The molecule has 0 fully saturated rings. The van der Waals surface area contributed by atoms with Gasteiger partial charge in [-0.15, -0.1) is 0 Å². The van der Waals surface area contributed by atoms with E-state index >= 15 is 0 Å². The Balaban J connectivity index is 1.31. The number of aromatic amines is 1. The zero-order chi connectivity index (χ0) is 22.5. The Morgan fingerprint density at radius 1 is 1.22 bits per heavy atom. The van der Waals surface area contributed by atoms with Crippen LogP contribution in [-0.4, -0.2) is 33.5 Å². The lowest BCUT2D eigenvalue weighted by molar-refractivity contribution is -0.137. The van der Waals surface area contributed by atoms with Gasteiger partial charge < -0.3 is 20.2 Å². The molecule has 0 saturated carbocycles. The van der Waals surface area contributed by atoms with Gasteiger partial charge in [-0.2, -0.15) is 0 Å². The van der Waals surface area contributed by atoms with Gasteiger partial charge in [-0.05, 0) is 61.4 Å². The maximum Gasteiger partial charge on any atom is 0.417 e. The van der Waals surface area contributed by atoms with Crippen molar-refractivity contribution in [3.8, 4) is 0 Å². The topological polar surface area (TPSA) is 137 Å². The molecule has 0 bridgehead atoms. The lowest BCUT2D eigenvalue weighted by Crippen LogP contribution is -2.30. The highest BCUT2D eigenvalue weighted by atomic mass is 16.4. The van der Waals surface area contributed by atoms with Crippen molar-refractivity contribution in [3.63, 3.8) is 0 Å². The van der Waals surface area contributed by atoms with Gasteiger partial charge in [0.25, 0.3) is 0 Å². The van der Waals surface area contributed by atoms with Gasteiger partial charge in [0.2, 0.25) is 5.91 Å². The van der Waals surface area contributed by atoms with E-state index in [4.69, 9.17) is 4.42 Å². The number of benzene rings is 1. The summed E-state index contributed by atoms with van der Waals surface area (Å²) in [5, 5.41) is 15.4. The van der Waals surface area contributed by atoms with E-state index in [1.54, 1.807) is 18.2 Å². The molecule has 168 valence electrons. The number of unbranched alkanes of at least 4 members (excludes halogenated alkanes) is 1. The first-order chi connectivity index (χ1) is 15.5. The molecule has 4 rings (SSSR count). The highest BCUT2D eigenvalue weighted by Crippen LogP contribution is 2.22. The van der Waals surface area contributed by atoms with Crippen molar-refractivity contribution in [1.29, 1.82) is 0 Å². The molecule has 0 unspecified atom stereocenters. The summed E-state index contributed by atoms with van der Waals surface area (Å²) in [6, 6.07) is 8.35. The molecule has 1 atom stereocenters. The number of nitrogens with one attached hydrogen (secondary N) is 3.